The second-order valence-corrected chi connectivity index (χ2v) is 5.48. The molecule has 0 aromatic heterocycles. The zero-order chi connectivity index (χ0) is 14.1. The number of hydrogen-bond acceptors (Lipinski definition) is 3. The Morgan fingerprint density at radius 1 is 1.05 bits per heavy atom. The van der Waals surface area contributed by atoms with Gasteiger partial charge in [-0.25, -0.2) is 0 Å². The van der Waals surface area contributed by atoms with Crippen LogP contribution in [0.1, 0.15) is 34.9 Å². The molecule has 2 atom stereocenters. The van der Waals surface area contributed by atoms with Crippen molar-refractivity contribution in [3.05, 3.63) is 59.2 Å². The van der Waals surface area contributed by atoms with Gasteiger partial charge in [0.1, 0.15) is 0 Å². The van der Waals surface area contributed by atoms with Gasteiger partial charge >= 0.3 is 0 Å². The minimum atomic E-state index is -0.0479. The van der Waals surface area contributed by atoms with E-state index in [1.807, 2.05) is 24.3 Å². The third-order valence-corrected chi connectivity index (χ3v) is 4.31. The first-order valence-electron chi connectivity index (χ1n) is 6.99. The molecule has 0 unspecified atom stereocenters. The minimum absolute atomic E-state index is 0. The van der Waals surface area contributed by atoms with Crippen molar-refractivity contribution in [3.63, 3.8) is 0 Å². The zero-order valence-electron chi connectivity index (χ0n) is 11.7. The number of benzene rings is 2. The van der Waals surface area contributed by atoms with Crippen LogP contribution in [-0.4, -0.2) is 16.8 Å². The Balaban J connectivity index is 0.00000161. The highest BCUT2D eigenvalue weighted by atomic mass is 79.9. The predicted molar refractivity (Wildman–Crippen MR) is 89.4 cm³/mol. The van der Waals surface area contributed by atoms with Crippen LogP contribution in [0.5, 0.6) is 11.5 Å². The van der Waals surface area contributed by atoms with Crippen LogP contribution in [0.4, 0.5) is 0 Å². The van der Waals surface area contributed by atoms with Crippen molar-refractivity contribution < 1.29 is 10.2 Å². The van der Waals surface area contributed by atoms with Crippen LogP contribution in [-0.2, 0) is 6.42 Å². The Morgan fingerprint density at radius 2 is 1.76 bits per heavy atom. The van der Waals surface area contributed by atoms with Crippen molar-refractivity contribution in [1.82, 2.24) is 0 Å². The molecule has 112 valence electrons. The number of hydrogen-bond donors (Lipinski definition) is 3. The van der Waals surface area contributed by atoms with E-state index in [0.717, 1.165) is 24.0 Å². The fraction of sp³-hybridized carbons (Fsp3) is 0.294. The molecule has 0 bridgehead atoms. The van der Waals surface area contributed by atoms with Gasteiger partial charge in [0.05, 0.1) is 0 Å². The molecule has 1 aliphatic carbocycles. The minimum Gasteiger partial charge on any atom is -0.504 e. The Morgan fingerprint density at radius 3 is 2.43 bits per heavy atom. The first kappa shape index (κ1) is 15.9. The van der Waals surface area contributed by atoms with E-state index in [9.17, 15) is 10.2 Å². The molecule has 0 fully saturated rings. The maximum atomic E-state index is 10.1. The zero-order valence-corrected chi connectivity index (χ0v) is 13.4. The molecule has 4 heteroatoms. The third-order valence-electron chi connectivity index (χ3n) is 4.31. The van der Waals surface area contributed by atoms with Gasteiger partial charge in [0.15, 0.2) is 11.5 Å². The van der Waals surface area contributed by atoms with E-state index in [1.165, 1.54) is 5.56 Å². The highest BCUT2D eigenvalue weighted by molar-refractivity contribution is 8.93. The molecule has 0 heterocycles. The highest BCUT2D eigenvalue weighted by Crippen LogP contribution is 2.45. The van der Waals surface area contributed by atoms with Gasteiger partial charge in [-0.15, -0.1) is 17.0 Å². The summed E-state index contributed by atoms with van der Waals surface area (Å²) in [5.74, 6) is 0.537. The first-order valence-corrected chi connectivity index (χ1v) is 6.99. The molecule has 0 radical (unpaired) electrons. The first-order chi connectivity index (χ1) is 9.70. The van der Waals surface area contributed by atoms with Gasteiger partial charge in [-0.05, 0) is 48.4 Å². The van der Waals surface area contributed by atoms with Gasteiger partial charge in [-0.1, -0.05) is 36.4 Å². The van der Waals surface area contributed by atoms with E-state index in [4.69, 9.17) is 5.73 Å². The van der Waals surface area contributed by atoms with Gasteiger partial charge in [-0.2, -0.15) is 0 Å². The van der Waals surface area contributed by atoms with E-state index >= 15 is 0 Å². The summed E-state index contributed by atoms with van der Waals surface area (Å²) < 4.78 is 0. The summed E-state index contributed by atoms with van der Waals surface area (Å²) in [4.78, 5) is 0. The molecule has 0 spiro atoms. The second-order valence-electron chi connectivity index (χ2n) is 5.48. The van der Waals surface area contributed by atoms with Crippen molar-refractivity contribution in [2.75, 3.05) is 6.54 Å². The molecule has 1 aliphatic rings. The summed E-state index contributed by atoms with van der Waals surface area (Å²) in [6, 6.07) is 13.7. The smallest absolute Gasteiger partial charge is 0.160 e. The van der Waals surface area contributed by atoms with Gasteiger partial charge < -0.3 is 15.9 Å². The van der Waals surface area contributed by atoms with E-state index in [1.54, 1.807) is 6.07 Å². The summed E-state index contributed by atoms with van der Waals surface area (Å²) in [5, 5.41) is 19.8. The van der Waals surface area contributed by atoms with Crippen molar-refractivity contribution in [2.45, 2.75) is 24.7 Å². The molecule has 3 rings (SSSR count). The van der Waals surface area contributed by atoms with Gasteiger partial charge in [0.2, 0.25) is 0 Å². The summed E-state index contributed by atoms with van der Waals surface area (Å²) >= 11 is 0. The second kappa shape index (κ2) is 6.50. The molecule has 0 saturated carbocycles. The lowest BCUT2D eigenvalue weighted by Crippen LogP contribution is -2.23. The number of phenols is 2. The normalized spacial score (nSPS) is 20.4. The van der Waals surface area contributed by atoms with Crippen molar-refractivity contribution in [1.29, 1.82) is 0 Å². The lowest BCUT2D eigenvalue weighted by molar-refractivity contribution is 0.388. The highest BCUT2D eigenvalue weighted by Gasteiger charge is 2.29. The largest absolute Gasteiger partial charge is 0.504 e. The van der Waals surface area contributed by atoms with Crippen LogP contribution >= 0.6 is 17.0 Å². The molecule has 0 amide bonds. The van der Waals surface area contributed by atoms with Crippen LogP contribution in [0.3, 0.4) is 0 Å². The predicted octanol–water partition coefficient (Wildman–Crippen LogP) is 3.45. The third kappa shape index (κ3) is 2.92. The topological polar surface area (TPSA) is 66.5 Å². The summed E-state index contributed by atoms with van der Waals surface area (Å²) in [5.41, 5.74) is 9.09. The molecule has 4 N–H and O–H groups in total. The SMILES string of the molecule is Br.NC[C@@H]1C[C@H](c2ccccc2)Cc2c1ccc(O)c2O. The number of aromatic hydroxyl groups is 2. The van der Waals surface area contributed by atoms with Crippen molar-refractivity contribution in [2.24, 2.45) is 5.73 Å². The number of phenolic OH excluding ortho intramolecular Hbond substituents is 2. The number of nitrogens with two attached hydrogens (primary N) is 1. The van der Waals surface area contributed by atoms with Crippen LogP contribution in [0.15, 0.2) is 42.5 Å². The Kier molecular flexibility index (Phi) is 4.91. The Hall–Kier alpha value is -1.52. The quantitative estimate of drug-likeness (QED) is 0.727. The molecule has 2 aromatic carbocycles. The van der Waals surface area contributed by atoms with Gasteiger partial charge in [0, 0.05) is 5.56 Å². The van der Waals surface area contributed by atoms with Crippen LogP contribution in [0, 0.1) is 0 Å². The molecule has 2 aromatic rings. The molecule has 3 nitrogen and oxygen atoms in total. The molecule has 0 aliphatic heterocycles. The average molecular weight is 350 g/mol. The Bertz CT molecular complexity index is 616. The van der Waals surface area contributed by atoms with Crippen LogP contribution in [0.25, 0.3) is 0 Å². The molecule has 0 saturated heterocycles. The number of fused-ring (bicyclic) bond motifs is 1. The summed E-state index contributed by atoms with van der Waals surface area (Å²) in [6.45, 7) is 0.556. The van der Waals surface area contributed by atoms with Gasteiger partial charge in [-0.3, -0.25) is 0 Å². The lowest BCUT2D eigenvalue weighted by atomic mass is 9.74. The monoisotopic (exact) mass is 349 g/mol. The summed E-state index contributed by atoms with van der Waals surface area (Å²) in [7, 11) is 0. The fourth-order valence-electron chi connectivity index (χ4n) is 3.24. The Labute approximate surface area is 135 Å². The van der Waals surface area contributed by atoms with Gasteiger partial charge in [0.25, 0.3) is 0 Å². The maximum absolute atomic E-state index is 10.1. The molecular weight excluding hydrogens is 330 g/mol. The van der Waals surface area contributed by atoms with E-state index in [0.29, 0.717) is 12.5 Å². The van der Waals surface area contributed by atoms with E-state index < -0.39 is 0 Å². The molecule has 21 heavy (non-hydrogen) atoms. The van der Waals surface area contributed by atoms with Crippen LogP contribution < -0.4 is 5.73 Å². The summed E-state index contributed by atoms with van der Waals surface area (Å²) in [6.07, 6.45) is 1.73. The van der Waals surface area contributed by atoms with Crippen molar-refractivity contribution in [3.8, 4) is 11.5 Å². The van der Waals surface area contributed by atoms with E-state index in [2.05, 4.69) is 12.1 Å². The number of halogens is 1. The van der Waals surface area contributed by atoms with E-state index in [-0.39, 0.29) is 34.4 Å². The standard InChI is InChI=1S/C17H19NO2.BrH/c18-10-13-8-12(11-4-2-1-3-5-11)9-15-14(13)6-7-16(19)17(15)20;/h1-7,12-13,19-20H,8-10,18H2;1H/t12-,13-;/m0./s1. The maximum Gasteiger partial charge on any atom is 0.160 e. The lowest BCUT2D eigenvalue weighted by Gasteiger charge is -2.32. The molecular formula is C17H20BrNO2. The van der Waals surface area contributed by atoms with Crippen LogP contribution in [0.2, 0.25) is 0 Å². The van der Waals surface area contributed by atoms with Crippen molar-refractivity contribution >= 4 is 17.0 Å². The number of rotatable bonds is 2. The fourth-order valence-corrected chi connectivity index (χ4v) is 3.24. The average Bonchev–Trinajstić information content (AvgIpc) is 2.51.